The fourth-order valence-electron chi connectivity index (χ4n) is 2.51. The number of non-ortho nitro benzene ring substituents is 1. The van der Waals surface area contributed by atoms with Crippen molar-refractivity contribution in [3.8, 4) is 11.5 Å². The lowest BCUT2D eigenvalue weighted by atomic mass is 10.2. The number of hydrogen-bond donors (Lipinski definition) is 1. The molecule has 9 nitrogen and oxygen atoms in total. The quantitative estimate of drug-likeness (QED) is 0.537. The maximum Gasteiger partial charge on any atom is 0.271 e. The van der Waals surface area contributed by atoms with E-state index in [9.17, 15) is 14.9 Å². The third kappa shape index (κ3) is 3.56. The molecule has 26 heavy (non-hydrogen) atoms. The van der Waals surface area contributed by atoms with E-state index in [0.29, 0.717) is 28.1 Å². The predicted octanol–water partition coefficient (Wildman–Crippen LogP) is 2.60. The second kappa shape index (κ2) is 7.09. The topological polar surface area (TPSA) is 109 Å². The summed E-state index contributed by atoms with van der Waals surface area (Å²) in [4.78, 5) is 22.8. The van der Waals surface area contributed by atoms with Crippen molar-refractivity contribution in [1.82, 2.24) is 9.78 Å². The van der Waals surface area contributed by atoms with Crippen LogP contribution in [0.4, 0.5) is 11.4 Å². The highest BCUT2D eigenvalue weighted by Gasteiger charge is 2.13. The lowest BCUT2D eigenvalue weighted by Crippen LogP contribution is -2.19. The van der Waals surface area contributed by atoms with E-state index in [1.165, 1.54) is 31.0 Å². The van der Waals surface area contributed by atoms with Crippen molar-refractivity contribution in [2.45, 2.75) is 6.54 Å². The molecule has 0 aliphatic heterocycles. The van der Waals surface area contributed by atoms with Crippen LogP contribution >= 0.6 is 0 Å². The zero-order valence-electron chi connectivity index (χ0n) is 14.1. The van der Waals surface area contributed by atoms with Crippen LogP contribution in [0.2, 0.25) is 0 Å². The third-order valence-corrected chi connectivity index (χ3v) is 3.77. The van der Waals surface area contributed by atoms with Crippen LogP contribution in [0.3, 0.4) is 0 Å². The molecule has 9 heteroatoms. The largest absolute Gasteiger partial charge is 0.497 e. The van der Waals surface area contributed by atoms with E-state index in [-0.39, 0.29) is 18.1 Å². The van der Waals surface area contributed by atoms with Gasteiger partial charge in [0.15, 0.2) is 0 Å². The number of nitrogens with one attached hydrogen (secondary N) is 1. The summed E-state index contributed by atoms with van der Waals surface area (Å²) in [5.74, 6) is 0.747. The van der Waals surface area contributed by atoms with Crippen LogP contribution in [0.25, 0.3) is 10.9 Å². The Kier molecular flexibility index (Phi) is 4.70. The first-order chi connectivity index (χ1) is 12.5. The predicted molar refractivity (Wildman–Crippen MR) is 94.6 cm³/mol. The summed E-state index contributed by atoms with van der Waals surface area (Å²) in [7, 11) is 3.03. The van der Waals surface area contributed by atoms with Gasteiger partial charge in [0, 0.05) is 41.4 Å². The number of ether oxygens (including phenoxy) is 2. The molecule has 0 spiro atoms. The van der Waals surface area contributed by atoms with Crippen LogP contribution in [0.1, 0.15) is 0 Å². The molecule has 2 aromatic carbocycles. The number of nitrogens with zero attached hydrogens (tertiary/aromatic N) is 3. The molecular weight excluding hydrogens is 340 g/mol. The second-order valence-corrected chi connectivity index (χ2v) is 5.45. The first-order valence-electron chi connectivity index (χ1n) is 7.63. The van der Waals surface area contributed by atoms with Crippen molar-refractivity contribution in [1.29, 1.82) is 0 Å². The fourth-order valence-corrected chi connectivity index (χ4v) is 2.51. The van der Waals surface area contributed by atoms with Crippen molar-refractivity contribution in [3.05, 3.63) is 52.7 Å². The van der Waals surface area contributed by atoms with Crippen LogP contribution in [0.5, 0.6) is 11.5 Å². The normalized spacial score (nSPS) is 10.5. The van der Waals surface area contributed by atoms with Gasteiger partial charge >= 0.3 is 0 Å². The number of hydrogen-bond acceptors (Lipinski definition) is 6. The minimum absolute atomic E-state index is 0.0582. The first kappa shape index (κ1) is 17.2. The average Bonchev–Trinajstić information content (AvgIpc) is 3.03. The summed E-state index contributed by atoms with van der Waals surface area (Å²) in [5, 5.41) is 18.5. The highest BCUT2D eigenvalue weighted by atomic mass is 16.6. The number of carbonyl (C=O) groups is 1. The minimum atomic E-state index is -0.487. The average molecular weight is 356 g/mol. The standard InChI is InChI=1S/C17H16N4O5/c1-25-14-5-12(6-15(8-14)26-2)19-17(22)10-20-16-7-13(21(23)24)4-3-11(16)9-18-20/h3-9H,10H2,1-2H3,(H,19,22). The van der Waals surface area contributed by atoms with Gasteiger partial charge in [-0.1, -0.05) is 0 Å². The van der Waals surface area contributed by atoms with E-state index in [2.05, 4.69) is 10.4 Å². The Morgan fingerprint density at radius 1 is 1.19 bits per heavy atom. The monoisotopic (exact) mass is 356 g/mol. The van der Waals surface area contributed by atoms with Gasteiger partial charge in [-0.25, -0.2) is 0 Å². The fraction of sp³-hybridized carbons (Fsp3) is 0.176. The van der Waals surface area contributed by atoms with E-state index in [0.717, 1.165) is 0 Å². The van der Waals surface area contributed by atoms with Crippen LogP contribution in [-0.2, 0) is 11.3 Å². The maximum atomic E-state index is 12.4. The van der Waals surface area contributed by atoms with Crippen molar-refractivity contribution >= 4 is 28.2 Å². The van der Waals surface area contributed by atoms with Crippen LogP contribution in [0, 0.1) is 10.1 Å². The number of anilines is 1. The molecule has 0 atom stereocenters. The summed E-state index contributed by atoms with van der Waals surface area (Å²) in [5.41, 5.74) is 0.961. The number of rotatable bonds is 6. The zero-order valence-corrected chi connectivity index (χ0v) is 14.1. The molecule has 0 saturated heterocycles. The molecule has 134 valence electrons. The summed E-state index contributed by atoms with van der Waals surface area (Å²) in [6, 6.07) is 9.40. The number of nitro benzene ring substituents is 1. The minimum Gasteiger partial charge on any atom is -0.497 e. The van der Waals surface area contributed by atoms with Crippen LogP contribution in [0.15, 0.2) is 42.6 Å². The van der Waals surface area contributed by atoms with E-state index >= 15 is 0 Å². The van der Waals surface area contributed by atoms with Gasteiger partial charge in [0.05, 0.1) is 30.9 Å². The van der Waals surface area contributed by atoms with Gasteiger partial charge < -0.3 is 14.8 Å². The molecule has 0 aliphatic carbocycles. The smallest absolute Gasteiger partial charge is 0.271 e. The molecule has 1 N–H and O–H groups in total. The van der Waals surface area contributed by atoms with Crippen molar-refractivity contribution in [3.63, 3.8) is 0 Å². The first-order valence-corrected chi connectivity index (χ1v) is 7.63. The number of carbonyl (C=O) groups excluding carboxylic acids is 1. The van der Waals surface area contributed by atoms with Gasteiger partial charge in [0.1, 0.15) is 18.0 Å². The lowest BCUT2D eigenvalue weighted by Gasteiger charge is -2.10. The summed E-state index contributed by atoms with van der Waals surface area (Å²) >= 11 is 0. The molecule has 0 radical (unpaired) electrons. The molecule has 0 aliphatic rings. The van der Waals surface area contributed by atoms with E-state index in [1.54, 1.807) is 30.5 Å². The van der Waals surface area contributed by atoms with Gasteiger partial charge in [-0.05, 0) is 6.07 Å². The Labute approximate surface area is 148 Å². The molecule has 0 fully saturated rings. The lowest BCUT2D eigenvalue weighted by molar-refractivity contribution is -0.384. The summed E-state index contributed by atoms with van der Waals surface area (Å²) < 4.78 is 11.7. The molecule has 0 saturated carbocycles. The summed E-state index contributed by atoms with van der Waals surface area (Å²) in [6.07, 6.45) is 1.56. The van der Waals surface area contributed by atoms with Gasteiger partial charge in [-0.15, -0.1) is 0 Å². The number of aromatic nitrogens is 2. The van der Waals surface area contributed by atoms with Gasteiger partial charge in [-0.3, -0.25) is 19.6 Å². The third-order valence-electron chi connectivity index (χ3n) is 3.77. The summed E-state index contributed by atoms with van der Waals surface area (Å²) in [6.45, 7) is -0.0931. The zero-order chi connectivity index (χ0) is 18.7. The number of methoxy groups -OCH3 is 2. The van der Waals surface area contributed by atoms with Crippen LogP contribution in [-0.4, -0.2) is 34.8 Å². The molecule has 3 rings (SSSR count). The Morgan fingerprint density at radius 3 is 2.50 bits per heavy atom. The highest BCUT2D eigenvalue weighted by molar-refractivity contribution is 5.92. The van der Waals surface area contributed by atoms with Gasteiger partial charge in [0.2, 0.25) is 5.91 Å². The number of benzene rings is 2. The number of amides is 1. The Hall–Kier alpha value is -3.62. The van der Waals surface area contributed by atoms with Crippen molar-refractivity contribution in [2.24, 2.45) is 0 Å². The molecule has 0 unspecified atom stereocenters. The molecule has 0 bridgehead atoms. The Morgan fingerprint density at radius 2 is 1.88 bits per heavy atom. The van der Waals surface area contributed by atoms with Crippen LogP contribution < -0.4 is 14.8 Å². The van der Waals surface area contributed by atoms with Crippen molar-refractivity contribution in [2.75, 3.05) is 19.5 Å². The Balaban J connectivity index is 1.81. The molecular formula is C17H16N4O5. The maximum absolute atomic E-state index is 12.4. The van der Waals surface area contributed by atoms with Gasteiger partial charge in [-0.2, -0.15) is 5.10 Å². The Bertz CT molecular complexity index is 960. The van der Waals surface area contributed by atoms with E-state index < -0.39 is 4.92 Å². The van der Waals surface area contributed by atoms with E-state index in [4.69, 9.17) is 9.47 Å². The number of fused-ring (bicyclic) bond motifs is 1. The molecule has 1 aromatic heterocycles. The molecule has 3 aromatic rings. The molecule has 1 heterocycles. The van der Waals surface area contributed by atoms with Crippen molar-refractivity contribution < 1.29 is 19.2 Å². The van der Waals surface area contributed by atoms with E-state index in [1.807, 2.05) is 0 Å². The molecule has 1 amide bonds. The SMILES string of the molecule is COc1cc(NC(=O)Cn2ncc3ccc([N+](=O)[O-])cc32)cc(OC)c1. The second-order valence-electron chi connectivity index (χ2n) is 5.45. The highest BCUT2D eigenvalue weighted by Crippen LogP contribution is 2.26. The van der Waals surface area contributed by atoms with Gasteiger partial charge in [0.25, 0.3) is 5.69 Å². The number of nitro groups is 1.